The van der Waals surface area contributed by atoms with Gasteiger partial charge in [0.2, 0.25) is 5.24 Å². The van der Waals surface area contributed by atoms with Gasteiger partial charge in [0.05, 0.1) is 6.61 Å². The third-order valence-electron chi connectivity index (χ3n) is 5.14. The molecule has 0 aromatic heterocycles. The van der Waals surface area contributed by atoms with Crippen LogP contribution in [-0.2, 0) is 9.53 Å². The van der Waals surface area contributed by atoms with Gasteiger partial charge in [-0.05, 0) is 18.0 Å². The van der Waals surface area contributed by atoms with Gasteiger partial charge in [-0.1, -0.05) is 51.9 Å². The second-order valence-corrected chi connectivity index (χ2v) is 8.45. The van der Waals surface area contributed by atoms with Crippen molar-refractivity contribution in [2.45, 2.75) is 100 Å². The van der Waals surface area contributed by atoms with Crippen LogP contribution in [0, 0.1) is 0 Å². The summed E-state index contributed by atoms with van der Waals surface area (Å²) < 4.78 is 205. The Morgan fingerprint density at radius 3 is 1.37 bits per heavy atom. The van der Waals surface area contributed by atoms with E-state index >= 15 is 0 Å². The Hall–Kier alpha value is -1.55. The maximum Gasteiger partial charge on any atom is 0.460 e. The molecule has 0 unspecified atom stereocenters. The molecule has 0 radical (unpaired) electrons. The predicted molar refractivity (Wildman–Crippen MR) is 103 cm³/mol. The van der Waals surface area contributed by atoms with Gasteiger partial charge < -0.3 is 4.74 Å². The molecule has 0 aromatic carbocycles. The molecule has 2 nitrogen and oxygen atoms in total. The highest BCUT2D eigenvalue weighted by molar-refractivity contribution is 6.66. The maximum absolute atomic E-state index is 14.3. The lowest BCUT2D eigenvalue weighted by Crippen LogP contribution is -2.72. The summed E-state index contributed by atoms with van der Waals surface area (Å²) in [7, 11) is 0. The number of unbranched alkanes of at least 4 members (excludes halogenated alkanes) is 7. The van der Waals surface area contributed by atoms with Crippen molar-refractivity contribution in [2.75, 3.05) is 6.61 Å². The lowest BCUT2D eigenvalue weighted by molar-refractivity contribution is -0.451. The molecule has 0 rings (SSSR count). The fraction of sp³-hybridized carbons (Fsp3) is 0.850. The van der Waals surface area contributed by atoms with Crippen molar-refractivity contribution in [1.29, 1.82) is 0 Å². The van der Waals surface area contributed by atoms with Gasteiger partial charge >= 0.3 is 41.7 Å². The number of carbonyl (C=O) groups excluding carboxylic acids is 1. The van der Waals surface area contributed by atoms with Gasteiger partial charge in [-0.25, -0.2) is 0 Å². The molecule has 0 bridgehead atoms. The summed E-state index contributed by atoms with van der Waals surface area (Å²) in [6, 6.07) is 0. The molecule has 38 heavy (non-hydrogen) atoms. The molecule has 226 valence electrons. The molecular formula is C20H22ClF15O2. The second kappa shape index (κ2) is 12.7. The van der Waals surface area contributed by atoms with Crippen molar-refractivity contribution in [3.05, 3.63) is 11.8 Å². The van der Waals surface area contributed by atoms with Crippen molar-refractivity contribution in [3.8, 4) is 0 Å². The number of alkyl halides is 15. The van der Waals surface area contributed by atoms with Crippen LogP contribution in [0.15, 0.2) is 11.8 Å². The summed E-state index contributed by atoms with van der Waals surface area (Å²) in [5.41, 5.74) is 0. The molecular weight excluding hydrogens is 593 g/mol. The molecule has 0 aromatic rings. The molecule has 0 aliphatic carbocycles. The topological polar surface area (TPSA) is 26.3 Å². The predicted octanol–water partition coefficient (Wildman–Crippen LogP) is 9.17. The number of rotatable bonds is 17. The van der Waals surface area contributed by atoms with Gasteiger partial charge in [-0.3, -0.25) is 4.79 Å². The molecule has 18 heteroatoms. The van der Waals surface area contributed by atoms with Crippen molar-refractivity contribution in [1.82, 2.24) is 0 Å². The number of allylic oxidation sites excluding steroid dienone is 2. The monoisotopic (exact) mass is 614 g/mol. The fourth-order valence-electron chi connectivity index (χ4n) is 2.87. The van der Waals surface area contributed by atoms with Crippen LogP contribution < -0.4 is 0 Å². The Labute approximate surface area is 211 Å². The Balaban J connectivity index is 6.02. The third-order valence-corrected chi connectivity index (χ3v) is 5.25. The zero-order valence-electron chi connectivity index (χ0n) is 19.3. The van der Waals surface area contributed by atoms with Gasteiger partial charge in [0, 0.05) is 6.08 Å². The summed E-state index contributed by atoms with van der Waals surface area (Å²) in [6.45, 7) is 0.897. The minimum Gasteiger partial charge on any atom is -0.491 e. The van der Waals surface area contributed by atoms with Crippen LogP contribution in [0.2, 0.25) is 0 Å². The van der Waals surface area contributed by atoms with E-state index in [1.807, 2.05) is 6.92 Å². The standard InChI is InChI=1S/C20H22ClF15O2/c1-2-3-4-5-6-7-8-9-10-38-12(11-13(21)37)14(22,23)15(24,25)16(26,27)17(28,29)18(30,31)19(32,33)20(34,35)36/h11H,2-10H2,1H3/b12-11-. The maximum atomic E-state index is 14.3. The quantitative estimate of drug-likeness (QED) is 0.0537. The first-order valence-corrected chi connectivity index (χ1v) is 11.1. The van der Waals surface area contributed by atoms with E-state index in [4.69, 9.17) is 0 Å². The van der Waals surface area contributed by atoms with E-state index in [9.17, 15) is 70.7 Å². The van der Waals surface area contributed by atoms with Gasteiger partial charge in [0.25, 0.3) is 0 Å². The van der Waals surface area contributed by atoms with Gasteiger partial charge in [0.15, 0.2) is 5.76 Å². The zero-order chi connectivity index (χ0) is 30.4. The Bertz CT molecular complexity index is 807. The van der Waals surface area contributed by atoms with Crippen LogP contribution in [0.25, 0.3) is 0 Å². The van der Waals surface area contributed by atoms with E-state index in [0.717, 1.165) is 25.7 Å². The molecule has 0 saturated heterocycles. The normalized spacial score (nSPS) is 15.1. The largest absolute Gasteiger partial charge is 0.491 e. The van der Waals surface area contributed by atoms with E-state index in [2.05, 4.69) is 16.3 Å². The minimum atomic E-state index is -8.43. The molecule has 0 aliphatic rings. The van der Waals surface area contributed by atoms with Crippen LogP contribution >= 0.6 is 11.6 Å². The second-order valence-electron chi connectivity index (χ2n) is 8.08. The van der Waals surface area contributed by atoms with E-state index < -0.39 is 65.4 Å². The Kier molecular flexibility index (Phi) is 12.2. The lowest BCUT2D eigenvalue weighted by Gasteiger charge is -2.41. The first-order chi connectivity index (χ1) is 16.9. The first-order valence-electron chi connectivity index (χ1n) is 10.8. The third kappa shape index (κ3) is 7.14. The summed E-state index contributed by atoms with van der Waals surface area (Å²) in [4.78, 5) is 10.9. The highest BCUT2D eigenvalue weighted by atomic mass is 35.5. The Morgan fingerprint density at radius 2 is 0.974 bits per heavy atom. The fourth-order valence-corrected chi connectivity index (χ4v) is 2.96. The zero-order valence-corrected chi connectivity index (χ0v) is 20.1. The molecule has 0 N–H and O–H groups in total. The van der Waals surface area contributed by atoms with Gasteiger partial charge in [0.1, 0.15) is 0 Å². The number of hydrogen-bond acceptors (Lipinski definition) is 2. The molecule has 0 aliphatic heterocycles. The number of hydrogen-bond donors (Lipinski definition) is 0. The van der Waals surface area contributed by atoms with Crippen LogP contribution in [0.1, 0.15) is 58.3 Å². The van der Waals surface area contributed by atoms with E-state index in [-0.39, 0.29) is 12.8 Å². The molecule has 0 amide bonds. The van der Waals surface area contributed by atoms with Crippen LogP contribution in [-0.4, -0.2) is 53.6 Å². The molecule has 0 heterocycles. The average molecular weight is 615 g/mol. The molecule has 0 fully saturated rings. The summed E-state index contributed by atoms with van der Waals surface area (Å²) in [6.07, 6.45) is -4.01. The van der Waals surface area contributed by atoms with Crippen LogP contribution in [0.4, 0.5) is 65.9 Å². The first kappa shape index (κ1) is 36.4. The summed E-state index contributed by atoms with van der Waals surface area (Å²) in [5, 5.41) is -2.13. The number of ether oxygens (including phenoxy) is 1. The van der Waals surface area contributed by atoms with E-state index in [1.54, 1.807) is 0 Å². The highest BCUT2D eigenvalue weighted by Gasteiger charge is 2.93. The van der Waals surface area contributed by atoms with E-state index in [0.29, 0.717) is 12.8 Å². The van der Waals surface area contributed by atoms with Crippen molar-refractivity contribution in [3.63, 3.8) is 0 Å². The number of halogens is 16. The van der Waals surface area contributed by atoms with Gasteiger partial charge in [-0.15, -0.1) is 0 Å². The minimum absolute atomic E-state index is 0.170. The smallest absolute Gasteiger partial charge is 0.460 e. The van der Waals surface area contributed by atoms with Crippen LogP contribution in [0.5, 0.6) is 0 Å². The average Bonchev–Trinajstić information content (AvgIpc) is 2.75. The lowest BCUT2D eigenvalue weighted by atomic mass is 9.90. The van der Waals surface area contributed by atoms with Gasteiger partial charge in [-0.2, -0.15) is 65.9 Å². The van der Waals surface area contributed by atoms with Crippen LogP contribution in [0.3, 0.4) is 0 Å². The van der Waals surface area contributed by atoms with E-state index in [1.165, 1.54) is 0 Å². The molecule has 0 atom stereocenters. The van der Waals surface area contributed by atoms with Crippen molar-refractivity contribution >= 4 is 16.8 Å². The molecule has 0 spiro atoms. The van der Waals surface area contributed by atoms with Crippen molar-refractivity contribution < 1.29 is 75.4 Å². The Morgan fingerprint density at radius 1 is 0.605 bits per heavy atom. The highest BCUT2D eigenvalue weighted by Crippen LogP contribution is 2.63. The number of carbonyl (C=O) groups is 1. The van der Waals surface area contributed by atoms with Crippen molar-refractivity contribution in [2.24, 2.45) is 0 Å². The summed E-state index contributed by atoms with van der Waals surface area (Å²) in [5.74, 6) is -50.6. The molecule has 0 saturated carbocycles. The SMILES string of the molecule is CCCCCCCCCCO/C(=C\C(=O)Cl)C(F)(F)C(F)(F)C(F)(F)C(F)(F)C(F)(F)C(F)(F)C(F)(F)F. The summed E-state index contributed by atoms with van der Waals surface area (Å²) >= 11 is 4.69.